The van der Waals surface area contributed by atoms with Gasteiger partial charge in [0.25, 0.3) is 11.2 Å². The first-order valence-corrected chi connectivity index (χ1v) is 9.00. The van der Waals surface area contributed by atoms with Crippen molar-refractivity contribution < 1.29 is 4.92 Å². The number of hydrogen-bond acceptors (Lipinski definition) is 5. The molecule has 2 aromatic carbocycles. The van der Waals surface area contributed by atoms with Gasteiger partial charge in [-0.2, -0.15) is 0 Å². The molecule has 0 fully saturated rings. The molecule has 25 heavy (non-hydrogen) atoms. The van der Waals surface area contributed by atoms with Gasteiger partial charge in [-0.1, -0.05) is 49.4 Å². The van der Waals surface area contributed by atoms with Crippen LogP contribution in [-0.4, -0.2) is 20.2 Å². The molecular weight excluding hydrogens is 338 g/mol. The molecule has 0 atom stereocenters. The lowest BCUT2D eigenvalue weighted by Gasteiger charge is -2.13. The Labute approximate surface area is 148 Å². The van der Waals surface area contributed by atoms with Crippen LogP contribution >= 0.6 is 11.8 Å². The van der Waals surface area contributed by atoms with Crippen LogP contribution in [0.15, 0.2) is 58.5 Å². The number of para-hydroxylation sites is 3. The van der Waals surface area contributed by atoms with Crippen LogP contribution in [0.2, 0.25) is 0 Å². The maximum absolute atomic E-state index is 13.0. The molecule has 3 aromatic rings. The first-order valence-electron chi connectivity index (χ1n) is 8.02. The van der Waals surface area contributed by atoms with Crippen molar-refractivity contribution >= 4 is 28.4 Å². The number of rotatable bonds is 6. The molecule has 0 saturated carbocycles. The molecule has 1 aromatic heterocycles. The van der Waals surface area contributed by atoms with Gasteiger partial charge in [0.2, 0.25) is 0 Å². The second kappa shape index (κ2) is 7.48. The van der Waals surface area contributed by atoms with Crippen molar-refractivity contribution in [2.45, 2.75) is 24.9 Å². The Morgan fingerprint density at radius 3 is 2.64 bits per heavy atom. The summed E-state index contributed by atoms with van der Waals surface area (Å²) in [7, 11) is 0. The van der Waals surface area contributed by atoms with Crippen molar-refractivity contribution in [1.82, 2.24) is 9.55 Å². The van der Waals surface area contributed by atoms with Gasteiger partial charge in [0.15, 0.2) is 5.16 Å². The number of aromatic nitrogens is 2. The fourth-order valence-electron chi connectivity index (χ4n) is 2.54. The molecule has 0 N–H and O–H groups in total. The summed E-state index contributed by atoms with van der Waals surface area (Å²) >= 11 is 1.45. The van der Waals surface area contributed by atoms with E-state index in [1.807, 2.05) is 6.07 Å². The van der Waals surface area contributed by atoms with Crippen LogP contribution in [0.5, 0.6) is 0 Å². The summed E-state index contributed by atoms with van der Waals surface area (Å²) in [5.74, 6) is 0.794. The minimum absolute atomic E-state index is 0.112. The molecule has 128 valence electrons. The highest BCUT2D eigenvalue weighted by Gasteiger charge is 2.20. The van der Waals surface area contributed by atoms with E-state index in [0.717, 1.165) is 18.6 Å². The normalized spacial score (nSPS) is 10.9. The predicted molar refractivity (Wildman–Crippen MR) is 99.6 cm³/mol. The molecule has 0 radical (unpaired) electrons. The van der Waals surface area contributed by atoms with Gasteiger partial charge in [-0.3, -0.25) is 14.9 Å². The largest absolute Gasteiger partial charge is 0.293 e. The summed E-state index contributed by atoms with van der Waals surface area (Å²) < 4.78 is 1.36. The molecule has 7 heteroatoms. The number of nitrogens with zero attached hydrogens (tertiary/aromatic N) is 3. The highest BCUT2D eigenvalue weighted by molar-refractivity contribution is 7.99. The van der Waals surface area contributed by atoms with Crippen molar-refractivity contribution in [1.29, 1.82) is 0 Å². The van der Waals surface area contributed by atoms with E-state index >= 15 is 0 Å². The lowest BCUT2D eigenvalue weighted by Crippen LogP contribution is -2.22. The van der Waals surface area contributed by atoms with Gasteiger partial charge in [-0.05, 0) is 24.6 Å². The molecule has 0 bridgehead atoms. The number of thioether (sulfide) groups is 1. The van der Waals surface area contributed by atoms with E-state index in [9.17, 15) is 14.9 Å². The Balaban J connectivity index is 2.28. The monoisotopic (exact) mass is 355 g/mol. The topological polar surface area (TPSA) is 78.0 Å². The predicted octanol–water partition coefficient (Wildman–Crippen LogP) is 4.19. The molecule has 3 rings (SSSR count). The first kappa shape index (κ1) is 17.2. The number of benzene rings is 2. The molecule has 0 amide bonds. The van der Waals surface area contributed by atoms with E-state index in [2.05, 4.69) is 11.9 Å². The Bertz CT molecular complexity index is 985. The zero-order valence-electron chi connectivity index (χ0n) is 13.7. The fourth-order valence-corrected chi connectivity index (χ4v) is 3.63. The van der Waals surface area contributed by atoms with E-state index in [0.29, 0.717) is 16.1 Å². The molecular formula is C18H17N3O3S. The van der Waals surface area contributed by atoms with Gasteiger partial charge in [0.05, 0.1) is 15.8 Å². The first-order chi connectivity index (χ1) is 12.1. The molecule has 0 aliphatic carbocycles. The average molecular weight is 355 g/mol. The summed E-state index contributed by atoms with van der Waals surface area (Å²) in [6, 6.07) is 13.3. The van der Waals surface area contributed by atoms with Crippen LogP contribution in [0.3, 0.4) is 0 Å². The van der Waals surface area contributed by atoms with Crippen molar-refractivity contribution in [2.75, 3.05) is 5.75 Å². The number of nitro benzene ring substituents is 1. The van der Waals surface area contributed by atoms with Gasteiger partial charge in [-0.15, -0.1) is 0 Å². The van der Waals surface area contributed by atoms with Crippen molar-refractivity contribution in [3.63, 3.8) is 0 Å². The number of fused-ring (bicyclic) bond motifs is 1. The second-order valence-corrected chi connectivity index (χ2v) is 6.56. The van der Waals surface area contributed by atoms with Crippen LogP contribution in [0.4, 0.5) is 5.69 Å². The van der Waals surface area contributed by atoms with Crippen LogP contribution in [0, 0.1) is 10.1 Å². The molecule has 6 nitrogen and oxygen atoms in total. The van der Waals surface area contributed by atoms with E-state index in [-0.39, 0.29) is 16.9 Å². The zero-order valence-corrected chi connectivity index (χ0v) is 14.5. The third-order valence-corrected chi connectivity index (χ3v) is 4.82. The maximum Gasteiger partial charge on any atom is 0.293 e. The molecule has 1 heterocycles. The Morgan fingerprint density at radius 2 is 1.88 bits per heavy atom. The smallest absolute Gasteiger partial charge is 0.268 e. The van der Waals surface area contributed by atoms with E-state index in [4.69, 9.17) is 0 Å². The fraction of sp³-hybridized carbons (Fsp3) is 0.222. The summed E-state index contributed by atoms with van der Waals surface area (Å²) in [4.78, 5) is 28.6. The van der Waals surface area contributed by atoms with Crippen molar-refractivity contribution in [3.8, 4) is 5.69 Å². The molecule has 0 saturated heterocycles. The summed E-state index contributed by atoms with van der Waals surface area (Å²) in [6.07, 6.45) is 2.00. The molecule has 0 aliphatic rings. The Morgan fingerprint density at radius 1 is 1.16 bits per heavy atom. The zero-order chi connectivity index (χ0) is 17.8. The second-order valence-electron chi connectivity index (χ2n) is 5.50. The number of nitro groups is 1. The van der Waals surface area contributed by atoms with E-state index < -0.39 is 4.92 Å². The lowest BCUT2D eigenvalue weighted by atomic mass is 10.2. The van der Waals surface area contributed by atoms with Crippen molar-refractivity contribution in [2.24, 2.45) is 0 Å². The van der Waals surface area contributed by atoms with Gasteiger partial charge in [0.1, 0.15) is 5.69 Å². The number of unbranched alkanes of at least 4 members (excludes halogenated alkanes) is 1. The molecule has 0 unspecified atom stereocenters. The quantitative estimate of drug-likeness (QED) is 0.218. The minimum atomic E-state index is -0.475. The van der Waals surface area contributed by atoms with E-state index in [1.54, 1.807) is 36.4 Å². The SMILES string of the molecule is CCCCSc1nc2ccccc2c(=O)n1-c1ccccc1[N+](=O)[O-]. The average Bonchev–Trinajstić information content (AvgIpc) is 2.62. The number of hydrogen-bond donors (Lipinski definition) is 0. The van der Waals surface area contributed by atoms with Gasteiger partial charge in [-0.25, -0.2) is 9.55 Å². The van der Waals surface area contributed by atoms with E-state index in [1.165, 1.54) is 22.4 Å². The summed E-state index contributed by atoms with van der Waals surface area (Å²) in [5.41, 5.74) is 0.439. The highest BCUT2D eigenvalue weighted by atomic mass is 32.2. The summed E-state index contributed by atoms with van der Waals surface area (Å²) in [5, 5.41) is 12.3. The maximum atomic E-state index is 13.0. The summed E-state index contributed by atoms with van der Waals surface area (Å²) in [6.45, 7) is 2.09. The van der Waals surface area contributed by atoms with Crippen LogP contribution in [0.25, 0.3) is 16.6 Å². The molecule has 0 spiro atoms. The highest BCUT2D eigenvalue weighted by Crippen LogP contribution is 2.27. The van der Waals surface area contributed by atoms with Gasteiger partial charge >= 0.3 is 0 Å². The third-order valence-electron chi connectivity index (χ3n) is 3.79. The third kappa shape index (κ3) is 3.41. The standard InChI is InChI=1S/C18H17N3O3S/c1-2-3-12-25-18-19-14-9-5-4-8-13(14)17(22)20(18)15-10-6-7-11-16(15)21(23)24/h4-11H,2-3,12H2,1H3. The van der Waals surface area contributed by atoms with Crippen molar-refractivity contribution in [3.05, 3.63) is 69.0 Å². The van der Waals surface area contributed by atoms with Crippen LogP contribution in [0.1, 0.15) is 19.8 Å². The van der Waals surface area contributed by atoms with Gasteiger partial charge in [0, 0.05) is 11.8 Å². The Hall–Kier alpha value is -2.67. The lowest BCUT2D eigenvalue weighted by molar-refractivity contribution is -0.384. The van der Waals surface area contributed by atoms with Crippen LogP contribution < -0.4 is 5.56 Å². The van der Waals surface area contributed by atoms with Gasteiger partial charge < -0.3 is 0 Å². The molecule has 0 aliphatic heterocycles. The minimum Gasteiger partial charge on any atom is -0.268 e. The van der Waals surface area contributed by atoms with Crippen LogP contribution in [-0.2, 0) is 0 Å². The Kier molecular flexibility index (Phi) is 5.14.